The molecule has 138 valence electrons. The van der Waals surface area contributed by atoms with Gasteiger partial charge < -0.3 is 4.98 Å². The number of aromatic nitrogens is 4. The lowest BCUT2D eigenvalue weighted by Crippen LogP contribution is -2.23. The molecule has 6 nitrogen and oxygen atoms in total. The molecule has 7 heteroatoms. The Hall–Kier alpha value is -3.25. The zero-order valence-corrected chi connectivity index (χ0v) is 15.4. The highest BCUT2D eigenvalue weighted by atomic mass is 35.5. The van der Waals surface area contributed by atoms with Gasteiger partial charge in [0.25, 0.3) is 5.56 Å². The van der Waals surface area contributed by atoms with Gasteiger partial charge in [0, 0.05) is 12.1 Å². The lowest BCUT2D eigenvalue weighted by Gasteiger charge is -2.11. The van der Waals surface area contributed by atoms with Crippen molar-refractivity contribution in [3.63, 3.8) is 0 Å². The van der Waals surface area contributed by atoms with E-state index >= 15 is 0 Å². The lowest BCUT2D eigenvalue weighted by atomic mass is 9.99. The van der Waals surface area contributed by atoms with Crippen molar-refractivity contribution >= 4 is 22.4 Å². The molecule has 0 spiro atoms. The number of benzene rings is 2. The van der Waals surface area contributed by atoms with Gasteiger partial charge in [-0.3, -0.25) is 9.78 Å². The zero-order valence-electron chi connectivity index (χ0n) is 14.6. The van der Waals surface area contributed by atoms with Gasteiger partial charge in [0.2, 0.25) is 0 Å². The maximum Gasteiger partial charge on any atom is 0.325 e. The van der Waals surface area contributed by atoms with E-state index in [1.165, 1.54) is 22.5 Å². The van der Waals surface area contributed by atoms with Gasteiger partial charge >= 0.3 is 5.69 Å². The Labute approximate surface area is 164 Å². The normalized spacial score (nSPS) is 21.0. The number of nitrogens with zero attached hydrogens (tertiary/aromatic N) is 2. The van der Waals surface area contributed by atoms with Gasteiger partial charge in [-0.15, -0.1) is 16.7 Å². The second-order valence-corrected chi connectivity index (χ2v) is 7.65. The van der Waals surface area contributed by atoms with E-state index in [-0.39, 0.29) is 11.5 Å². The van der Waals surface area contributed by atoms with Crippen molar-refractivity contribution in [3.8, 4) is 11.3 Å². The third kappa shape index (κ3) is 2.65. The fraction of sp³-hybridized carbons (Fsp3) is 0.143. The second-order valence-electron chi connectivity index (χ2n) is 6.98. The molecule has 2 atom stereocenters. The molecule has 28 heavy (non-hydrogen) atoms. The monoisotopic (exact) mass is 390 g/mol. The largest absolute Gasteiger partial charge is 0.325 e. The number of fused-ring (bicyclic) bond motifs is 1. The SMILES string of the molecule is O=c1[nH]cc(-c2ccc(C3(Cl)CC3c3cccc4ccccc34)nn2)c(=O)[nH]1. The van der Waals surface area contributed by atoms with Crippen molar-refractivity contribution in [1.29, 1.82) is 0 Å². The number of halogens is 1. The van der Waals surface area contributed by atoms with Crippen LogP contribution in [0.3, 0.4) is 0 Å². The number of nitrogens with one attached hydrogen (secondary N) is 2. The molecule has 1 saturated carbocycles. The highest BCUT2D eigenvalue weighted by Gasteiger charge is 2.56. The number of hydrogen-bond donors (Lipinski definition) is 2. The van der Waals surface area contributed by atoms with E-state index in [1.54, 1.807) is 12.1 Å². The molecule has 0 aliphatic heterocycles. The van der Waals surface area contributed by atoms with E-state index in [0.29, 0.717) is 11.4 Å². The van der Waals surface area contributed by atoms with Gasteiger partial charge in [-0.05, 0) is 34.9 Å². The molecule has 5 rings (SSSR count). The molecular weight excluding hydrogens is 376 g/mol. The summed E-state index contributed by atoms with van der Waals surface area (Å²) in [6.07, 6.45) is 2.10. The Kier molecular flexibility index (Phi) is 3.70. The fourth-order valence-electron chi connectivity index (χ4n) is 3.73. The van der Waals surface area contributed by atoms with E-state index in [4.69, 9.17) is 11.6 Å². The van der Waals surface area contributed by atoms with Gasteiger partial charge in [-0.2, -0.15) is 5.10 Å². The molecule has 2 unspecified atom stereocenters. The van der Waals surface area contributed by atoms with Crippen LogP contribution in [-0.4, -0.2) is 20.2 Å². The second kappa shape index (κ2) is 6.14. The number of rotatable bonds is 3. The van der Waals surface area contributed by atoms with Crippen LogP contribution in [0.1, 0.15) is 23.6 Å². The molecule has 2 aromatic heterocycles. The lowest BCUT2D eigenvalue weighted by molar-refractivity contribution is 0.837. The van der Waals surface area contributed by atoms with Crippen LogP contribution in [0.2, 0.25) is 0 Å². The van der Waals surface area contributed by atoms with Gasteiger partial charge in [0.05, 0.1) is 21.8 Å². The summed E-state index contributed by atoms with van der Waals surface area (Å²) in [6, 6.07) is 18.0. The summed E-state index contributed by atoms with van der Waals surface area (Å²) in [5.74, 6) is 0.150. The van der Waals surface area contributed by atoms with E-state index in [0.717, 1.165) is 6.42 Å². The highest BCUT2D eigenvalue weighted by Crippen LogP contribution is 2.63. The molecule has 0 amide bonds. The Bertz CT molecular complexity index is 1310. The Morgan fingerprint density at radius 3 is 2.61 bits per heavy atom. The van der Waals surface area contributed by atoms with E-state index < -0.39 is 16.1 Å². The van der Waals surface area contributed by atoms with Crippen LogP contribution in [0.4, 0.5) is 0 Å². The predicted octanol–water partition coefficient (Wildman–Crippen LogP) is 3.30. The molecule has 1 aliphatic rings. The van der Waals surface area contributed by atoms with Crippen LogP contribution in [0.15, 0.2) is 70.4 Å². The van der Waals surface area contributed by atoms with Gasteiger partial charge in [0.1, 0.15) is 0 Å². The van der Waals surface area contributed by atoms with Gasteiger partial charge in [-0.25, -0.2) is 4.79 Å². The van der Waals surface area contributed by atoms with Crippen molar-refractivity contribution in [2.45, 2.75) is 17.2 Å². The van der Waals surface area contributed by atoms with Crippen molar-refractivity contribution in [3.05, 3.63) is 92.9 Å². The summed E-state index contributed by atoms with van der Waals surface area (Å²) in [5.41, 5.74) is 1.45. The third-order valence-corrected chi connectivity index (χ3v) is 5.89. The van der Waals surface area contributed by atoms with Crippen LogP contribution in [0.5, 0.6) is 0 Å². The minimum atomic E-state index is -0.604. The summed E-state index contributed by atoms with van der Waals surface area (Å²) in [5, 5.41) is 10.8. The number of alkyl halides is 1. The predicted molar refractivity (Wildman–Crippen MR) is 108 cm³/mol. The molecule has 2 heterocycles. The van der Waals surface area contributed by atoms with Crippen LogP contribution in [0, 0.1) is 0 Å². The molecule has 1 fully saturated rings. The molecule has 0 bridgehead atoms. The average Bonchev–Trinajstić information content (AvgIpc) is 3.40. The molecule has 1 aliphatic carbocycles. The quantitative estimate of drug-likeness (QED) is 0.525. The van der Waals surface area contributed by atoms with Crippen LogP contribution in [-0.2, 0) is 4.87 Å². The summed E-state index contributed by atoms with van der Waals surface area (Å²) in [7, 11) is 0. The number of aromatic amines is 2. The maximum absolute atomic E-state index is 11.9. The van der Waals surface area contributed by atoms with E-state index in [1.807, 2.05) is 18.2 Å². The zero-order chi connectivity index (χ0) is 19.3. The Balaban J connectivity index is 1.49. The highest BCUT2D eigenvalue weighted by molar-refractivity contribution is 6.27. The smallest absolute Gasteiger partial charge is 0.313 e. The van der Waals surface area contributed by atoms with Gasteiger partial charge in [0.15, 0.2) is 0 Å². The molecular formula is C21H15ClN4O2. The third-order valence-electron chi connectivity index (χ3n) is 5.28. The Morgan fingerprint density at radius 2 is 1.82 bits per heavy atom. The first-order valence-corrected chi connectivity index (χ1v) is 9.27. The van der Waals surface area contributed by atoms with E-state index in [9.17, 15) is 9.59 Å². The average molecular weight is 391 g/mol. The summed E-state index contributed by atoms with van der Waals surface area (Å²) >= 11 is 6.90. The Morgan fingerprint density at radius 1 is 1.00 bits per heavy atom. The first kappa shape index (κ1) is 16.9. The van der Waals surface area contributed by atoms with Gasteiger partial charge in [-0.1, -0.05) is 42.5 Å². The van der Waals surface area contributed by atoms with Crippen LogP contribution >= 0.6 is 11.6 Å². The number of hydrogen-bond acceptors (Lipinski definition) is 4. The molecule has 2 aromatic carbocycles. The number of H-pyrrole nitrogens is 2. The van der Waals surface area contributed by atoms with Crippen LogP contribution < -0.4 is 11.2 Å². The molecule has 0 saturated heterocycles. The minimum absolute atomic E-state index is 0.150. The van der Waals surface area contributed by atoms with Crippen molar-refractivity contribution < 1.29 is 0 Å². The summed E-state index contributed by atoms with van der Waals surface area (Å²) < 4.78 is 0. The van der Waals surface area contributed by atoms with Crippen molar-refractivity contribution in [2.24, 2.45) is 0 Å². The topological polar surface area (TPSA) is 91.5 Å². The van der Waals surface area contributed by atoms with E-state index in [2.05, 4.69) is 44.4 Å². The fourth-order valence-corrected chi connectivity index (χ4v) is 4.10. The molecule has 4 aromatic rings. The molecule has 2 N–H and O–H groups in total. The summed E-state index contributed by atoms with van der Waals surface area (Å²) in [6.45, 7) is 0. The first-order chi connectivity index (χ1) is 13.6. The summed E-state index contributed by atoms with van der Waals surface area (Å²) in [4.78, 5) is 27.1. The standard InChI is InChI=1S/C21H15ClN4O2/c22-21(10-16(21)14-7-3-5-12-4-1-2-6-13(12)14)18-9-8-17(25-26-18)15-11-23-20(28)24-19(15)27/h1-9,11,16H,10H2,(H2,23,24,27,28). The van der Waals surface area contributed by atoms with Crippen molar-refractivity contribution in [2.75, 3.05) is 0 Å². The minimum Gasteiger partial charge on any atom is -0.313 e. The van der Waals surface area contributed by atoms with Crippen molar-refractivity contribution in [1.82, 2.24) is 20.2 Å². The maximum atomic E-state index is 11.9. The first-order valence-electron chi connectivity index (χ1n) is 8.89. The molecule has 0 radical (unpaired) electrons. The van der Waals surface area contributed by atoms with Crippen LogP contribution in [0.25, 0.3) is 22.0 Å².